The number of likely N-dealkylation sites (tertiary alicyclic amines) is 1. The number of piperidine rings is 1. The maximum atomic E-state index is 12.7. The molecule has 0 radical (unpaired) electrons. The van der Waals surface area contributed by atoms with Crippen molar-refractivity contribution < 1.29 is 9.59 Å². The third kappa shape index (κ3) is 2.87. The summed E-state index contributed by atoms with van der Waals surface area (Å²) in [6.07, 6.45) is 7.47. The first-order chi connectivity index (χ1) is 12.5. The normalized spacial score (nSPS) is 21.8. The van der Waals surface area contributed by atoms with Gasteiger partial charge >= 0.3 is 0 Å². The third-order valence-electron chi connectivity index (χ3n) is 5.67. The minimum Gasteiger partial charge on any atom is -0.350 e. The summed E-state index contributed by atoms with van der Waals surface area (Å²) in [5, 5.41) is 7.47. The number of aromatic nitrogens is 3. The van der Waals surface area contributed by atoms with Crippen molar-refractivity contribution in [2.45, 2.75) is 37.6 Å². The maximum Gasteiger partial charge on any atom is 0.255 e. The first kappa shape index (κ1) is 16.8. The number of amides is 2. The minimum absolute atomic E-state index is 0.00889. The predicted octanol–water partition coefficient (Wildman–Crippen LogP) is 1.40. The lowest BCUT2D eigenvalue weighted by atomic mass is 9.75. The highest BCUT2D eigenvalue weighted by molar-refractivity contribution is 5.94. The van der Waals surface area contributed by atoms with E-state index >= 15 is 0 Å². The van der Waals surface area contributed by atoms with Crippen molar-refractivity contribution in [3.8, 4) is 0 Å². The van der Waals surface area contributed by atoms with Crippen LogP contribution in [-0.4, -0.2) is 50.1 Å². The van der Waals surface area contributed by atoms with Crippen LogP contribution >= 0.6 is 0 Å². The van der Waals surface area contributed by atoms with Gasteiger partial charge in [0.25, 0.3) is 5.91 Å². The van der Waals surface area contributed by atoms with Crippen molar-refractivity contribution in [2.75, 3.05) is 13.1 Å². The summed E-state index contributed by atoms with van der Waals surface area (Å²) >= 11 is 0. The molecule has 136 valence electrons. The van der Waals surface area contributed by atoms with Crippen LogP contribution < -0.4 is 5.32 Å². The Kier molecular flexibility index (Phi) is 4.01. The second-order valence-electron chi connectivity index (χ2n) is 7.39. The van der Waals surface area contributed by atoms with Gasteiger partial charge in [0.1, 0.15) is 0 Å². The van der Waals surface area contributed by atoms with Crippen LogP contribution in [0.3, 0.4) is 0 Å². The van der Waals surface area contributed by atoms with Crippen LogP contribution in [0.4, 0.5) is 0 Å². The van der Waals surface area contributed by atoms with E-state index in [0.29, 0.717) is 25.1 Å². The smallest absolute Gasteiger partial charge is 0.255 e. The Hall–Kier alpha value is -2.70. The number of nitrogens with one attached hydrogen (secondary N) is 1. The number of hydrogen-bond donors (Lipinski definition) is 1. The second-order valence-corrected chi connectivity index (χ2v) is 7.39. The molecule has 0 aliphatic carbocycles. The van der Waals surface area contributed by atoms with E-state index in [-0.39, 0.29) is 23.3 Å². The Morgan fingerprint density at radius 3 is 2.65 bits per heavy atom. The van der Waals surface area contributed by atoms with E-state index in [4.69, 9.17) is 0 Å². The number of rotatable bonds is 2. The zero-order chi connectivity index (χ0) is 18.3. The quantitative estimate of drug-likeness (QED) is 0.885. The number of nitrogens with zero attached hydrogens (tertiary/aromatic N) is 4. The fraction of sp³-hybridized carbons (Fsp3) is 0.474. The third-order valence-corrected chi connectivity index (χ3v) is 5.67. The lowest BCUT2D eigenvalue weighted by Gasteiger charge is -2.42. The van der Waals surface area contributed by atoms with Gasteiger partial charge in [-0.05, 0) is 37.5 Å². The fourth-order valence-electron chi connectivity index (χ4n) is 4.21. The summed E-state index contributed by atoms with van der Waals surface area (Å²) in [5.74, 6) is 0.206. The van der Waals surface area contributed by atoms with Crippen LogP contribution in [0.5, 0.6) is 0 Å². The van der Waals surface area contributed by atoms with Crippen molar-refractivity contribution >= 4 is 11.8 Å². The molecule has 2 aromatic heterocycles. The largest absolute Gasteiger partial charge is 0.350 e. The number of carbonyl (C=O) groups is 2. The molecule has 2 aromatic rings. The Bertz CT molecular complexity index is 834. The summed E-state index contributed by atoms with van der Waals surface area (Å²) in [7, 11) is 1.89. The Morgan fingerprint density at radius 2 is 2.04 bits per heavy atom. The van der Waals surface area contributed by atoms with E-state index in [0.717, 1.165) is 24.1 Å². The Labute approximate surface area is 152 Å². The summed E-state index contributed by atoms with van der Waals surface area (Å²) in [6, 6.07) is 3.68. The highest BCUT2D eigenvalue weighted by atomic mass is 16.2. The van der Waals surface area contributed by atoms with Crippen molar-refractivity contribution in [2.24, 2.45) is 7.05 Å². The SMILES string of the molecule is Cc1ccc(C(=O)N2CCC3(CC2)NC(=O)C[C@H]3c2cnn(C)c2)cn1. The number of carbonyl (C=O) groups excluding carboxylic acids is 2. The van der Waals surface area contributed by atoms with Crippen molar-refractivity contribution in [1.29, 1.82) is 0 Å². The molecule has 1 atom stereocenters. The molecule has 26 heavy (non-hydrogen) atoms. The van der Waals surface area contributed by atoms with E-state index in [1.54, 1.807) is 10.9 Å². The van der Waals surface area contributed by atoms with Crippen LogP contribution in [0, 0.1) is 6.92 Å². The molecule has 2 aliphatic heterocycles. The molecule has 0 unspecified atom stereocenters. The molecule has 2 amide bonds. The van der Waals surface area contributed by atoms with Crippen molar-refractivity contribution in [1.82, 2.24) is 25.0 Å². The number of pyridine rings is 1. The van der Waals surface area contributed by atoms with Crippen LogP contribution in [-0.2, 0) is 11.8 Å². The molecular formula is C19H23N5O2. The minimum atomic E-state index is -0.275. The molecular weight excluding hydrogens is 330 g/mol. The zero-order valence-corrected chi connectivity index (χ0v) is 15.1. The maximum absolute atomic E-state index is 12.7. The highest BCUT2D eigenvalue weighted by Gasteiger charge is 2.49. The summed E-state index contributed by atoms with van der Waals surface area (Å²) in [6.45, 7) is 3.16. The van der Waals surface area contributed by atoms with Crippen LogP contribution in [0.15, 0.2) is 30.7 Å². The average Bonchev–Trinajstić information content (AvgIpc) is 3.19. The van der Waals surface area contributed by atoms with Gasteiger partial charge in [0.15, 0.2) is 0 Å². The summed E-state index contributed by atoms with van der Waals surface area (Å²) < 4.78 is 1.77. The van der Waals surface area contributed by atoms with Crippen molar-refractivity contribution in [3.05, 3.63) is 47.5 Å². The first-order valence-corrected chi connectivity index (χ1v) is 8.98. The molecule has 2 saturated heterocycles. The van der Waals surface area contributed by atoms with Gasteiger partial charge in [-0.15, -0.1) is 0 Å². The predicted molar refractivity (Wildman–Crippen MR) is 95.6 cm³/mol. The van der Waals surface area contributed by atoms with Crippen LogP contribution in [0.25, 0.3) is 0 Å². The molecule has 0 saturated carbocycles. The lowest BCUT2D eigenvalue weighted by molar-refractivity contribution is -0.120. The zero-order valence-electron chi connectivity index (χ0n) is 15.1. The monoisotopic (exact) mass is 353 g/mol. The molecule has 1 N–H and O–H groups in total. The number of hydrogen-bond acceptors (Lipinski definition) is 4. The second kappa shape index (κ2) is 6.23. The number of aryl methyl sites for hydroxylation is 2. The molecule has 2 aliphatic rings. The average molecular weight is 353 g/mol. The van der Waals surface area contributed by atoms with Gasteiger partial charge in [0.2, 0.25) is 5.91 Å². The molecule has 0 bridgehead atoms. The summed E-state index contributed by atoms with van der Waals surface area (Å²) in [4.78, 5) is 30.9. The van der Waals surface area contributed by atoms with E-state index in [9.17, 15) is 9.59 Å². The standard InChI is InChI=1S/C19H23N5O2/c1-13-3-4-14(10-20-13)18(26)24-7-5-19(6-8-24)16(9-17(25)22-19)15-11-21-23(2)12-15/h3-4,10-12,16H,5-9H2,1-2H3,(H,22,25)/t16-/m0/s1. The molecule has 7 nitrogen and oxygen atoms in total. The van der Waals surface area contributed by atoms with Crippen molar-refractivity contribution in [3.63, 3.8) is 0 Å². The molecule has 4 heterocycles. The van der Waals surface area contributed by atoms with Gasteiger partial charge in [-0.1, -0.05) is 0 Å². The molecule has 1 spiro atoms. The highest BCUT2D eigenvalue weighted by Crippen LogP contribution is 2.43. The van der Waals surface area contributed by atoms with E-state index in [1.807, 2.05) is 43.4 Å². The van der Waals surface area contributed by atoms with Gasteiger partial charge in [-0.3, -0.25) is 19.3 Å². The van der Waals surface area contributed by atoms with Gasteiger partial charge < -0.3 is 10.2 Å². The Balaban J connectivity index is 1.50. The van der Waals surface area contributed by atoms with Gasteiger partial charge in [-0.25, -0.2) is 0 Å². The Morgan fingerprint density at radius 1 is 1.27 bits per heavy atom. The van der Waals surface area contributed by atoms with E-state index < -0.39 is 0 Å². The molecule has 0 aromatic carbocycles. The van der Waals surface area contributed by atoms with Crippen LogP contribution in [0.2, 0.25) is 0 Å². The molecule has 7 heteroatoms. The molecule has 2 fully saturated rings. The van der Waals surface area contributed by atoms with Gasteiger partial charge in [0, 0.05) is 50.6 Å². The first-order valence-electron chi connectivity index (χ1n) is 8.98. The lowest BCUT2D eigenvalue weighted by Crippen LogP contribution is -2.54. The summed E-state index contributed by atoms with van der Waals surface area (Å²) in [5.41, 5.74) is 2.33. The topological polar surface area (TPSA) is 80.1 Å². The van der Waals surface area contributed by atoms with Gasteiger partial charge in [-0.2, -0.15) is 5.10 Å². The van der Waals surface area contributed by atoms with E-state index in [1.165, 1.54) is 0 Å². The van der Waals surface area contributed by atoms with Gasteiger partial charge in [0.05, 0.1) is 17.3 Å². The van der Waals surface area contributed by atoms with E-state index in [2.05, 4.69) is 15.4 Å². The fourth-order valence-corrected chi connectivity index (χ4v) is 4.21. The molecule has 4 rings (SSSR count). The van der Waals surface area contributed by atoms with Crippen LogP contribution in [0.1, 0.15) is 46.8 Å².